The lowest BCUT2D eigenvalue weighted by Gasteiger charge is -2.41. The van der Waals surface area contributed by atoms with E-state index in [1.54, 1.807) is 12.1 Å². The molecule has 4 aromatic rings. The standard InChI is InChI=1S/C41H50O7Si/c1-40(2,3)49(4,5)47-31-41(30-46-39(42)35-24-16-9-17-25-35)38(45-28-34-22-14-8-15-23-34)37(44-27-33-20-12-7-13-21-33)36(48-41)29-43-26-32-18-10-6-11-19-32/h6-25,36-38H,26-31H2,1-5H3/t36-,37-,38+,41+/m1/s1. The van der Waals surface area contributed by atoms with Crippen LogP contribution < -0.4 is 0 Å². The van der Waals surface area contributed by atoms with E-state index in [4.69, 9.17) is 28.1 Å². The Bertz CT molecular complexity index is 1560. The summed E-state index contributed by atoms with van der Waals surface area (Å²) in [6, 6.07) is 39.1. The van der Waals surface area contributed by atoms with Crippen LogP contribution in [0.3, 0.4) is 0 Å². The van der Waals surface area contributed by atoms with Crippen LogP contribution in [0, 0.1) is 0 Å². The molecule has 1 aliphatic rings. The van der Waals surface area contributed by atoms with Gasteiger partial charge in [0.25, 0.3) is 0 Å². The van der Waals surface area contributed by atoms with Crippen LogP contribution in [0.25, 0.3) is 0 Å². The summed E-state index contributed by atoms with van der Waals surface area (Å²) in [4.78, 5) is 13.4. The van der Waals surface area contributed by atoms with Crippen molar-refractivity contribution in [3.63, 3.8) is 0 Å². The van der Waals surface area contributed by atoms with Crippen molar-refractivity contribution < 1.29 is 32.9 Å². The lowest BCUT2D eigenvalue weighted by atomic mass is 9.95. The number of carbonyl (C=O) groups is 1. The maximum Gasteiger partial charge on any atom is 0.338 e. The van der Waals surface area contributed by atoms with Crippen molar-refractivity contribution >= 4 is 14.3 Å². The minimum atomic E-state index is -2.29. The van der Waals surface area contributed by atoms with Crippen molar-refractivity contribution in [2.75, 3.05) is 19.8 Å². The average Bonchev–Trinajstić information content (AvgIpc) is 3.41. The molecule has 1 aliphatic heterocycles. The van der Waals surface area contributed by atoms with Crippen molar-refractivity contribution in [1.29, 1.82) is 0 Å². The molecule has 0 saturated carbocycles. The minimum absolute atomic E-state index is 0.0602. The number of ether oxygens (including phenoxy) is 5. The average molecular weight is 683 g/mol. The summed E-state index contributed by atoms with van der Waals surface area (Å²) in [5.41, 5.74) is 2.37. The third-order valence-electron chi connectivity index (χ3n) is 9.46. The van der Waals surface area contributed by atoms with Crippen LogP contribution in [0.1, 0.15) is 47.8 Å². The van der Waals surface area contributed by atoms with Crippen molar-refractivity contribution in [2.45, 2.75) is 82.6 Å². The number of rotatable bonds is 16. The Morgan fingerprint density at radius 1 is 0.694 bits per heavy atom. The molecule has 0 amide bonds. The molecule has 5 rings (SSSR count). The molecule has 7 nitrogen and oxygen atoms in total. The summed E-state index contributed by atoms with van der Waals surface area (Å²) in [7, 11) is -2.29. The first-order valence-corrected chi connectivity index (χ1v) is 19.9. The zero-order valence-electron chi connectivity index (χ0n) is 29.4. The first kappa shape index (κ1) is 36.6. The number of benzene rings is 4. The molecule has 0 spiro atoms. The maximum absolute atomic E-state index is 13.4. The lowest BCUT2D eigenvalue weighted by molar-refractivity contribution is -0.159. The van der Waals surface area contributed by atoms with Gasteiger partial charge in [-0.25, -0.2) is 4.79 Å². The highest BCUT2D eigenvalue weighted by molar-refractivity contribution is 6.74. The summed E-state index contributed by atoms with van der Waals surface area (Å²) in [5.74, 6) is -0.441. The Kier molecular flexibility index (Phi) is 12.6. The number of hydrogen-bond acceptors (Lipinski definition) is 7. The topological polar surface area (TPSA) is 72.5 Å². The molecule has 260 valence electrons. The van der Waals surface area contributed by atoms with Gasteiger partial charge in [-0.15, -0.1) is 0 Å². The van der Waals surface area contributed by atoms with Crippen molar-refractivity contribution in [3.05, 3.63) is 144 Å². The van der Waals surface area contributed by atoms with Gasteiger partial charge in [-0.2, -0.15) is 0 Å². The fraction of sp³-hybridized carbons (Fsp3) is 0.390. The molecule has 1 heterocycles. The predicted octanol–water partition coefficient (Wildman–Crippen LogP) is 8.39. The normalized spacial score (nSPS) is 21.0. The Hall–Kier alpha value is -3.63. The molecular formula is C41H50O7Si. The number of carbonyl (C=O) groups excluding carboxylic acids is 1. The molecule has 0 unspecified atom stereocenters. The zero-order valence-corrected chi connectivity index (χ0v) is 30.4. The van der Waals surface area contributed by atoms with Gasteiger partial charge in [0.2, 0.25) is 0 Å². The monoisotopic (exact) mass is 682 g/mol. The van der Waals surface area contributed by atoms with Crippen LogP contribution in [0.5, 0.6) is 0 Å². The molecular weight excluding hydrogens is 633 g/mol. The van der Waals surface area contributed by atoms with Crippen LogP contribution >= 0.6 is 0 Å². The summed E-state index contributed by atoms with van der Waals surface area (Å²) >= 11 is 0. The molecule has 4 atom stereocenters. The number of esters is 1. The van der Waals surface area contributed by atoms with E-state index in [1.807, 2.05) is 109 Å². The van der Waals surface area contributed by atoms with Crippen LogP contribution in [0.15, 0.2) is 121 Å². The van der Waals surface area contributed by atoms with Crippen LogP contribution in [0.4, 0.5) is 0 Å². The molecule has 0 aromatic heterocycles. The van der Waals surface area contributed by atoms with Gasteiger partial charge in [0, 0.05) is 0 Å². The third-order valence-corrected chi connectivity index (χ3v) is 13.9. The van der Waals surface area contributed by atoms with Crippen LogP contribution in [0.2, 0.25) is 18.1 Å². The van der Waals surface area contributed by atoms with Crippen LogP contribution in [-0.4, -0.2) is 58.0 Å². The van der Waals surface area contributed by atoms with E-state index in [2.05, 4.69) is 33.9 Å². The lowest BCUT2D eigenvalue weighted by Crippen LogP contribution is -2.55. The minimum Gasteiger partial charge on any atom is -0.459 e. The van der Waals surface area contributed by atoms with Crippen molar-refractivity contribution in [2.24, 2.45) is 0 Å². The quantitative estimate of drug-likeness (QED) is 0.0869. The van der Waals surface area contributed by atoms with Gasteiger partial charge in [0.05, 0.1) is 38.6 Å². The van der Waals surface area contributed by atoms with Crippen molar-refractivity contribution in [3.8, 4) is 0 Å². The van der Waals surface area contributed by atoms with E-state index in [0.717, 1.165) is 16.7 Å². The second kappa shape index (κ2) is 16.9. The Morgan fingerprint density at radius 2 is 1.18 bits per heavy atom. The summed E-state index contributed by atoms with van der Waals surface area (Å²) in [6.07, 6.45) is -1.75. The Labute approximate surface area is 292 Å². The largest absolute Gasteiger partial charge is 0.459 e. The Balaban J connectivity index is 1.50. The van der Waals surface area contributed by atoms with E-state index in [1.165, 1.54) is 0 Å². The van der Waals surface area contributed by atoms with Gasteiger partial charge < -0.3 is 28.1 Å². The Morgan fingerprint density at radius 3 is 1.71 bits per heavy atom. The molecule has 0 N–H and O–H groups in total. The second-order valence-electron chi connectivity index (χ2n) is 14.2. The summed E-state index contributed by atoms with van der Waals surface area (Å²) < 4.78 is 39.8. The van der Waals surface area contributed by atoms with E-state index in [9.17, 15) is 4.79 Å². The molecule has 8 heteroatoms. The van der Waals surface area contributed by atoms with E-state index >= 15 is 0 Å². The predicted molar refractivity (Wildman–Crippen MR) is 194 cm³/mol. The highest BCUT2D eigenvalue weighted by atomic mass is 28.4. The van der Waals surface area contributed by atoms with Gasteiger partial charge in [-0.1, -0.05) is 130 Å². The highest BCUT2D eigenvalue weighted by Crippen LogP contribution is 2.42. The van der Waals surface area contributed by atoms with Gasteiger partial charge >= 0.3 is 5.97 Å². The molecule has 0 radical (unpaired) electrons. The summed E-state index contributed by atoms with van der Waals surface area (Å²) in [5, 5.41) is -0.0602. The molecule has 1 fully saturated rings. The highest BCUT2D eigenvalue weighted by Gasteiger charge is 2.59. The van der Waals surface area contributed by atoms with E-state index < -0.39 is 38.2 Å². The van der Waals surface area contributed by atoms with Gasteiger partial charge in [0.15, 0.2) is 13.9 Å². The molecule has 0 aliphatic carbocycles. The smallest absolute Gasteiger partial charge is 0.338 e. The maximum atomic E-state index is 13.4. The number of hydrogen-bond donors (Lipinski definition) is 0. The van der Waals surface area contributed by atoms with Crippen molar-refractivity contribution in [1.82, 2.24) is 0 Å². The fourth-order valence-corrected chi connectivity index (χ4v) is 6.57. The van der Waals surface area contributed by atoms with Gasteiger partial charge in [-0.05, 0) is 47.0 Å². The fourth-order valence-electron chi connectivity index (χ4n) is 5.53. The van der Waals surface area contributed by atoms with Gasteiger partial charge in [-0.3, -0.25) is 0 Å². The summed E-state index contributed by atoms with van der Waals surface area (Å²) in [6.45, 7) is 12.4. The molecule has 4 aromatic carbocycles. The molecule has 1 saturated heterocycles. The van der Waals surface area contributed by atoms with E-state index in [0.29, 0.717) is 25.4 Å². The first-order chi connectivity index (χ1) is 23.6. The van der Waals surface area contributed by atoms with E-state index in [-0.39, 0.29) is 24.9 Å². The molecule has 0 bridgehead atoms. The van der Waals surface area contributed by atoms with Crippen LogP contribution in [-0.2, 0) is 47.9 Å². The third kappa shape index (κ3) is 9.97. The molecule has 49 heavy (non-hydrogen) atoms. The van der Waals surface area contributed by atoms with Gasteiger partial charge in [0.1, 0.15) is 24.9 Å². The zero-order chi connectivity index (χ0) is 34.7. The SMILES string of the molecule is CC(C)(C)[Si](C)(C)OC[C@]1(COC(=O)c2ccccc2)O[C@H](COCc2ccccc2)[C@@H](OCc2ccccc2)[C@@H]1OCc1ccccc1. The first-order valence-electron chi connectivity index (χ1n) is 17.0. The second-order valence-corrected chi connectivity index (χ2v) is 19.0.